The van der Waals surface area contributed by atoms with E-state index in [1.165, 1.54) is 18.4 Å². The average molecular weight is 278 g/mol. The van der Waals surface area contributed by atoms with E-state index in [1.807, 2.05) is 12.3 Å². The van der Waals surface area contributed by atoms with Gasteiger partial charge in [0, 0.05) is 13.2 Å². The number of thiophene rings is 1. The summed E-state index contributed by atoms with van der Waals surface area (Å²) in [6, 6.07) is 3.51. The number of nitrogens with zero attached hydrogens (tertiary/aromatic N) is 1. The summed E-state index contributed by atoms with van der Waals surface area (Å²) in [7, 11) is 3.11. The van der Waals surface area contributed by atoms with Crippen molar-refractivity contribution >= 4 is 28.9 Å². The smallest absolute Gasteiger partial charge is 0.350 e. The summed E-state index contributed by atoms with van der Waals surface area (Å²) in [5.41, 5.74) is 1.89. The van der Waals surface area contributed by atoms with Crippen molar-refractivity contribution in [1.82, 2.24) is 4.57 Å². The predicted molar refractivity (Wildman–Crippen MR) is 73.8 cm³/mol. The molecule has 0 spiro atoms. The van der Waals surface area contributed by atoms with Crippen LogP contribution in [-0.2, 0) is 11.8 Å². The molecule has 0 aliphatic carbocycles. The fourth-order valence-electron chi connectivity index (χ4n) is 1.72. The Morgan fingerprint density at radius 2 is 2.16 bits per heavy atom. The second kappa shape index (κ2) is 5.27. The van der Waals surface area contributed by atoms with E-state index in [1.54, 1.807) is 29.9 Å². The Hall–Kier alpha value is -2.08. The summed E-state index contributed by atoms with van der Waals surface area (Å²) in [6.07, 6.45) is 1.79. The van der Waals surface area contributed by atoms with Crippen LogP contribution < -0.4 is 5.32 Å². The van der Waals surface area contributed by atoms with Gasteiger partial charge >= 0.3 is 5.97 Å². The lowest BCUT2D eigenvalue weighted by Gasteiger charge is -2.08. The largest absolute Gasteiger partial charge is 0.465 e. The number of carbonyl (C=O) groups excluding carboxylic acids is 2. The molecular weight excluding hydrogens is 264 g/mol. The van der Waals surface area contributed by atoms with E-state index in [2.05, 4.69) is 5.32 Å². The van der Waals surface area contributed by atoms with Gasteiger partial charge in [-0.3, -0.25) is 4.79 Å². The number of aryl methyl sites for hydroxylation is 2. The number of nitrogens with one attached hydrogen (secondary N) is 1. The summed E-state index contributed by atoms with van der Waals surface area (Å²) in [4.78, 5) is 24.1. The van der Waals surface area contributed by atoms with Gasteiger partial charge in [0.2, 0.25) is 0 Å². The number of hydrogen-bond acceptors (Lipinski definition) is 4. The summed E-state index contributed by atoms with van der Waals surface area (Å²) >= 11 is 1.26. The van der Waals surface area contributed by atoms with Crippen molar-refractivity contribution in [3.63, 3.8) is 0 Å². The van der Waals surface area contributed by atoms with Crippen LogP contribution in [0.3, 0.4) is 0 Å². The molecule has 0 unspecified atom stereocenters. The van der Waals surface area contributed by atoms with E-state index in [0.717, 1.165) is 5.56 Å². The molecule has 0 fully saturated rings. The third-order valence-corrected chi connectivity index (χ3v) is 3.84. The maximum Gasteiger partial charge on any atom is 0.350 e. The molecule has 0 aliphatic heterocycles. The van der Waals surface area contributed by atoms with Gasteiger partial charge in [-0.25, -0.2) is 4.79 Å². The molecular formula is C13H14N2O3S. The summed E-state index contributed by atoms with van der Waals surface area (Å²) in [5, 5.41) is 4.58. The van der Waals surface area contributed by atoms with Crippen LogP contribution in [0.1, 0.15) is 25.7 Å². The number of methoxy groups -OCH3 is 1. The molecule has 5 nitrogen and oxygen atoms in total. The second-order valence-corrected chi connectivity index (χ2v) is 4.95. The third kappa shape index (κ3) is 2.53. The van der Waals surface area contributed by atoms with Crippen molar-refractivity contribution in [2.45, 2.75) is 6.92 Å². The molecule has 1 amide bonds. The van der Waals surface area contributed by atoms with Crippen molar-refractivity contribution in [3.05, 3.63) is 39.8 Å². The topological polar surface area (TPSA) is 60.3 Å². The van der Waals surface area contributed by atoms with Gasteiger partial charge in [0.05, 0.1) is 12.8 Å². The minimum absolute atomic E-state index is 0.251. The van der Waals surface area contributed by atoms with E-state index in [-0.39, 0.29) is 5.91 Å². The van der Waals surface area contributed by atoms with Gasteiger partial charge in [0.1, 0.15) is 10.6 Å². The first-order chi connectivity index (χ1) is 9.04. The maximum absolute atomic E-state index is 12.1. The zero-order chi connectivity index (χ0) is 14.0. The molecule has 2 aromatic rings. The number of carbonyl (C=O) groups is 2. The van der Waals surface area contributed by atoms with Gasteiger partial charge in [-0.2, -0.15) is 0 Å². The van der Waals surface area contributed by atoms with Crippen molar-refractivity contribution < 1.29 is 14.3 Å². The number of anilines is 1. The van der Waals surface area contributed by atoms with Crippen LogP contribution in [0.15, 0.2) is 23.7 Å². The quantitative estimate of drug-likeness (QED) is 0.877. The van der Waals surface area contributed by atoms with Crippen molar-refractivity contribution in [2.24, 2.45) is 7.05 Å². The minimum Gasteiger partial charge on any atom is -0.465 e. The fraction of sp³-hybridized carbons (Fsp3) is 0.231. The Labute approximate surface area is 114 Å². The molecule has 0 atom stereocenters. The van der Waals surface area contributed by atoms with Crippen LogP contribution in [0.25, 0.3) is 0 Å². The Morgan fingerprint density at radius 3 is 2.74 bits per heavy atom. The molecule has 2 heterocycles. The molecule has 0 aliphatic rings. The highest BCUT2D eigenvalue weighted by molar-refractivity contribution is 7.12. The zero-order valence-corrected chi connectivity index (χ0v) is 11.7. The van der Waals surface area contributed by atoms with Crippen molar-refractivity contribution in [1.29, 1.82) is 0 Å². The third-order valence-electron chi connectivity index (χ3n) is 2.76. The SMILES string of the molecule is COC(=O)c1scc(C)c1NC(=O)c1cccn1C. The highest BCUT2D eigenvalue weighted by Gasteiger charge is 2.19. The number of hydrogen-bond donors (Lipinski definition) is 1. The Morgan fingerprint density at radius 1 is 1.42 bits per heavy atom. The lowest BCUT2D eigenvalue weighted by atomic mass is 10.2. The normalized spacial score (nSPS) is 10.3. The molecule has 0 bridgehead atoms. The van der Waals surface area contributed by atoms with Gasteiger partial charge in [0.25, 0.3) is 5.91 Å². The number of esters is 1. The fourth-order valence-corrected chi connectivity index (χ4v) is 2.64. The summed E-state index contributed by atoms with van der Waals surface area (Å²) < 4.78 is 6.42. The number of rotatable bonds is 3. The molecule has 19 heavy (non-hydrogen) atoms. The molecule has 0 saturated heterocycles. The minimum atomic E-state index is -0.444. The molecule has 6 heteroatoms. The molecule has 1 N–H and O–H groups in total. The number of ether oxygens (including phenoxy) is 1. The first-order valence-corrected chi connectivity index (χ1v) is 6.51. The van der Waals surface area contributed by atoms with Crippen molar-refractivity contribution in [2.75, 3.05) is 12.4 Å². The van der Waals surface area contributed by atoms with Crippen LogP contribution >= 0.6 is 11.3 Å². The molecule has 2 rings (SSSR count). The monoisotopic (exact) mass is 278 g/mol. The Kier molecular flexibility index (Phi) is 3.71. The first-order valence-electron chi connectivity index (χ1n) is 5.63. The maximum atomic E-state index is 12.1. The number of aromatic nitrogens is 1. The summed E-state index contributed by atoms with van der Waals surface area (Å²) in [6.45, 7) is 1.84. The van der Waals surface area contributed by atoms with Gasteiger partial charge in [-0.1, -0.05) is 0 Å². The van der Waals surface area contributed by atoms with E-state index in [4.69, 9.17) is 4.74 Å². The summed E-state index contributed by atoms with van der Waals surface area (Å²) in [5.74, 6) is -0.695. The lowest BCUT2D eigenvalue weighted by Crippen LogP contribution is -2.17. The van der Waals surface area contributed by atoms with E-state index < -0.39 is 5.97 Å². The van der Waals surface area contributed by atoms with Crippen LogP contribution in [-0.4, -0.2) is 23.6 Å². The van der Waals surface area contributed by atoms with Crippen LogP contribution in [0.2, 0.25) is 0 Å². The Balaban J connectivity index is 2.29. The predicted octanol–water partition coefficient (Wildman–Crippen LogP) is 2.43. The second-order valence-electron chi connectivity index (χ2n) is 4.07. The van der Waals surface area contributed by atoms with Gasteiger partial charge in [-0.15, -0.1) is 11.3 Å². The van der Waals surface area contributed by atoms with Crippen LogP contribution in [0.5, 0.6) is 0 Å². The molecule has 0 aromatic carbocycles. The van der Waals surface area contributed by atoms with E-state index in [9.17, 15) is 9.59 Å². The van der Waals surface area contributed by atoms with Crippen molar-refractivity contribution in [3.8, 4) is 0 Å². The highest BCUT2D eigenvalue weighted by Crippen LogP contribution is 2.28. The van der Waals surface area contributed by atoms with Gasteiger partial charge in [-0.05, 0) is 30.0 Å². The molecule has 0 radical (unpaired) electrons. The highest BCUT2D eigenvalue weighted by atomic mass is 32.1. The molecule has 2 aromatic heterocycles. The standard InChI is InChI=1S/C13H14N2O3S/c1-8-7-19-11(13(17)18-3)10(8)14-12(16)9-5-4-6-15(9)2/h4-7H,1-3H3,(H,14,16). The lowest BCUT2D eigenvalue weighted by molar-refractivity contribution is 0.0607. The molecule has 100 valence electrons. The zero-order valence-electron chi connectivity index (χ0n) is 10.9. The first kappa shape index (κ1) is 13.4. The molecule has 0 saturated carbocycles. The average Bonchev–Trinajstić information content (AvgIpc) is 2.96. The Bertz CT molecular complexity index is 628. The van der Waals surface area contributed by atoms with Gasteiger partial charge < -0.3 is 14.6 Å². The van der Waals surface area contributed by atoms with Gasteiger partial charge in [0.15, 0.2) is 0 Å². The van der Waals surface area contributed by atoms with E-state index in [0.29, 0.717) is 16.3 Å². The number of amides is 1. The van der Waals surface area contributed by atoms with Crippen LogP contribution in [0.4, 0.5) is 5.69 Å². The van der Waals surface area contributed by atoms with Crippen LogP contribution in [0, 0.1) is 6.92 Å². The van der Waals surface area contributed by atoms with E-state index >= 15 is 0 Å².